The number of carbonyl (C=O) groups is 2. The van der Waals surface area contributed by atoms with Crippen LogP contribution in [0.15, 0.2) is 6.07 Å². The van der Waals surface area contributed by atoms with E-state index in [4.69, 9.17) is 4.98 Å². The highest BCUT2D eigenvalue weighted by molar-refractivity contribution is 6.06. The second-order valence-corrected chi connectivity index (χ2v) is 9.04. The van der Waals surface area contributed by atoms with Crippen LogP contribution in [0.25, 0.3) is 11.0 Å². The maximum absolute atomic E-state index is 13.4. The number of piperidine rings is 1. The van der Waals surface area contributed by atoms with Gasteiger partial charge >= 0.3 is 5.97 Å². The van der Waals surface area contributed by atoms with Gasteiger partial charge in [0.1, 0.15) is 0 Å². The largest absolute Gasteiger partial charge is 0.481 e. The quantitative estimate of drug-likeness (QED) is 0.871. The summed E-state index contributed by atoms with van der Waals surface area (Å²) in [7, 11) is 0. The van der Waals surface area contributed by atoms with Crippen molar-refractivity contribution >= 4 is 22.9 Å². The third kappa shape index (κ3) is 3.62. The highest BCUT2D eigenvalue weighted by Gasteiger charge is 2.31. The molecule has 7 nitrogen and oxygen atoms in total. The maximum Gasteiger partial charge on any atom is 0.308 e. The first-order chi connectivity index (χ1) is 13.0. The number of nitrogens with zero attached hydrogens (tertiary/aromatic N) is 4. The molecule has 0 radical (unpaired) electrons. The van der Waals surface area contributed by atoms with Gasteiger partial charge in [-0.15, -0.1) is 0 Å². The van der Waals surface area contributed by atoms with E-state index in [-0.39, 0.29) is 23.9 Å². The molecule has 1 amide bonds. The van der Waals surface area contributed by atoms with E-state index in [1.807, 2.05) is 17.7 Å². The number of rotatable bonds is 3. The van der Waals surface area contributed by atoms with Gasteiger partial charge in [-0.3, -0.25) is 9.59 Å². The Morgan fingerprint density at radius 1 is 1.29 bits per heavy atom. The number of aromatic nitrogens is 3. The molecule has 3 rings (SSSR count). The molecule has 1 fully saturated rings. The van der Waals surface area contributed by atoms with E-state index in [2.05, 4.69) is 39.7 Å². The van der Waals surface area contributed by atoms with Gasteiger partial charge in [-0.05, 0) is 52.5 Å². The minimum Gasteiger partial charge on any atom is -0.481 e. The van der Waals surface area contributed by atoms with Gasteiger partial charge in [-0.25, -0.2) is 9.67 Å². The predicted molar refractivity (Wildman–Crippen MR) is 108 cm³/mol. The van der Waals surface area contributed by atoms with Crippen LogP contribution in [0.1, 0.15) is 75.1 Å². The molecule has 0 aliphatic carbocycles. The molecule has 28 heavy (non-hydrogen) atoms. The Bertz CT molecular complexity index is 924. The smallest absolute Gasteiger partial charge is 0.308 e. The number of hydrogen-bond acceptors (Lipinski definition) is 4. The van der Waals surface area contributed by atoms with Crippen LogP contribution in [0.2, 0.25) is 0 Å². The minimum atomic E-state index is -0.836. The molecule has 0 bridgehead atoms. The summed E-state index contributed by atoms with van der Waals surface area (Å²) < 4.78 is 1.89. The normalized spacial score (nSPS) is 18.1. The Kier molecular flexibility index (Phi) is 5.21. The Labute approximate surface area is 165 Å². The van der Waals surface area contributed by atoms with Crippen LogP contribution in [0.5, 0.6) is 0 Å². The number of carbonyl (C=O) groups excluding carboxylic acids is 1. The van der Waals surface area contributed by atoms with Crippen LogP contribution in [-0.2, 0) is 10.3 Å². The molecule has 0 spiro atoms. The summed E-state index contributed by atoms with van der Waals surface area (Å²) in [5, 5.41) is 14.8. The van der Waals surface area contributed by atoms with Crippen molar-refractivity contribution in [1.29, 1.82) is 0 Å². The highest BCUT2D eigenvalue weighted by atomic mass is 16.4. The number of carboxylic acid groups (broad SMARTS) is 1. The average Bonchev–Trinajstić information content (AvgIpc) is 2.97. The van der Waals surface area contributed by atoms with Crippen molar-refractivity contribution in [3.05, 3.63) is 23.0 Å². The summed E-state index contributed by atoms with van der Waals surface area (Å²) in [5.41, 5.74) is 2.63. The molecule has 1 N–H and O–H groups in total. The first-order valence-corrected chi connectivity index (χ1v) is 9.93. The summed E-state index contributed by atoms with van der Waals surface area (Å²) in [4.78, 5) is 31.4. The average molecular weight is 386 g/mol. The third-order valence-corrected chi connectivity index (χ3v) is 5.35. The Morgan fingerprint density at radius 2 is 1.96 bits per heavy atom. The van der Waals surface area contributed by atoms with E-state index in [1.165, 1.54) is 0 Å². The summed E-state index contributed by atoms with van der Waals surface area (Å²) in [6.07, 6.45) is 1.32. The molecule has 1 unspecified atom stereocenters. The monoisotopic (exact) mass is 386 g/mol. The SMILES string of the molecule is Cc1nn(C(C)(C)C)c2nc(C(C)C)cc(C(=O)N3CCCC(C(=O)O)C3)c12. The van der Waals surface area contributed by atoms with E-state index >= 15 is 0 Å². The molecule has 1 saturated heterocycles. The fourth-order valence-corrected chi connectivity index (χ4v) is 3.77. The second-order valence-electron chi connectivity index (χ2n) is 9.04. The van der Waals surface area contributed by atoms with Gasteiger partial charge in [-0.2, -0.15) is 5.10 Å². The third-order valence-electron chi connectivity index (χ3n) is 5.35. The molecule has 152 valence electrons. The van der Waals surface area contributed by atoms with Crippen molar-refractivity contribution < 1.29 is 14.7 Å². The zero-order valence-electron chi connectivity index (χ0n) is 17.6. The van der Waals surface area contributed by atoms with Crippen LogP contribution in [-0.4, -0.2) is 49.7 Å². The maximum atomic E-state index is 13.4. The predicted octanol–water partition coefficient (Wildman–Crippen LogP) is 3.55. The number of fused-ring (bicyclic) bond motifs is 1. The molecule has 3 heterocycles. The van der Waals surface area contributed by atoms with Crippen molar-refractivity contribution in [2.75, 3.05) is 13.1 Å². The zero-order chi connectivity index (χ0) is 20.8. The molecular weight excluding hydrogens is 356 g/mol. The number of pyridine rings is 1. The van der Waals surface area contributed by atoms with E-state index in [9.17, 15) is 14.7 Å². The molecule has 2 aromatic heterocycles. The van der Waals surface area contributed by atoms with E-state index in [0.717, 1.165) is 16.8 Å². The number of aliphatic carboxylic acids is 1. The highest BCUT2D eigenvalue weighted by Crippen LogP contribution is 2.30. The van der Waals surface area contributed by atoms with Gasteiger partial charge in [0.15, 0.2) is 5.65 Å². The molecule has 7 heteroatoms. The van der Waals surface area contributed by atoms with Gasteiger partial charge in [0.05, 0.1) is 28.1 Å². The lowest BCUT2D eigenvalue weighted by molar-refractivity contribution is -0.143. The van der Waals surface area contributed by atoms with Crippen molar-refractivity contribution in [2.45, 2.75) is 65.8 Å². The molecule has 1 atom stereocenters. The number of aryl methyl sites for hydroxylation is 1. The number of hydrogen-bond donors (Lipinski definition) is 1. The number of likely N-dealkylation sites (tertiary alicyclic amines) is 1. The van der Waals surface area contributed by atoms with Crippen LogP contribution < -0.4 is 0 Å². The Hall–Kier alpha value is -2.44. The minimum absolute atomic E-state index is 0.128. The van der Waals surface area contributed by atoms with Crippen LogP contribution >= 0.6 is 0 Å². The fraction of sp³-hybridized carbons (Fsp3) is 0.619. The molecule has 1 aliphatic rings. The molecule has 1 aliphatic heterocycles. The van der Waals surface area contributed by atoms with Crippen LogP contribution in [0.4, 0.5) is 0 Å². The Morgan fingerprint density at radius 3 is 2.54 bits per heavy atom. The summed E-state index contributed by atoms with van der Waals surface area (Å²) in [5.74, 6) is -1.31. The molecular formula is C21H30N4O3. The van der Waals surface area contributed by atoms with E-state index in [0.29, 0.717) is 30.6 Å². The van der Waals surface area contributed by atoms with Crippen LogP contribution in [0, 0.1) is 12.8 Å². The first-order valence-electron chi connectivity index (χ1n) is 9.93. The van der Waals surface area contributed by atoms with Crippen molar-refractivity contribution in [2.24, 2.45) is 5.92 Å². The van der Waals surface area contributed by atoms with Crippen molar-refractivity contribution in [3.8, 4) is 0 Å². The van der Waals surface area contributed by atoms with E-state index in [1.54, 1.807) is 4.90 Å². The van der Waals surface area contributed by atoms with Crippen molar-refractivity contribution in [3.63, 3.8) is 0 Å². The zero-order valence-corrected chi connectivity index (χ0v) is 17.6. The Balaban J connectivity index is 2.15. The molecule has 0 saturated carbocycles. The van der Waals surface area contributed by atoms with Gasteiger partial charge in [-0.1, -0.05) is 13.8 Å². The van der Waals surface area contributed by atoms with Crippen molar-refractivity contribution in [1.82, 2.24) is 19.7 Å². The topological polar surface area (TPSA) is 88.3 Å². The summed E-state index contributed by atoms with van der Waals surface area (Å²) in [6, 6.07) is 1.86. The standard InChI is InChI=1S/C21H30N4O3/c1-12(2)16-10-15(19(26)24-9-7-8-14(11-24)20(27)28)17-13(3)23-25(18(17)22-16)21(4,5)6/h10,12,14H,7-9,11H2,1-6H3,(H,27,28). The lowest BCUT2D eigenvalue weighted by atomic mass is 9.96. The number of amides is 1. The van der Waals surface area contributed by atoms with Gasteiger partial charge < -0.3 is 10.0 Å². The first kappa shape index (κ1) is 20.3. The molecule has 2 aromatic rings. The molecule has 0 aromatic carbocycles. The summed E-state index contributed by atoms with van der Waals surface area (Å²) in [6.45, 7) is 13.0. The summed E-state index contributed by atoms with van der Waals surface area (Å²) >= 11 is 0. The second kappa shape index (κ2) is 7.18. The van der Waals surface area contributed by atoms with Gasteiger partial charge in [0.2, 0.25) is 0 Å². The fourth-order valence-electron chi connectivity index (χ4n) is 3.77. The lowest BCUT2D eigenvalue weighted by Gasteiger charge is -2.31. The van der Waals surface area contributed by atoms with Gasteiger partial charge in [0, 0.05) is 18.8 Å². The van der Waals surface area contributed by atoms with E-state index < -0.39 is 11.9 Å². The lowest BCUT2D eigenvalue weighted by Crippen LogP contribution is -2.42. The van der Waals surface area contributed by atoms with Crippen LogP contribution in [0.3, 0.4) is 0 Å². The van der Waals surface area contributed by atoms with Gasteiger partial charge in [0.25, 0.3) is 5.91 Å². The number of carboxylic acids is 1.